The van der Waals surface area contributed by atoms with E-state index >= 15 is 0 Å². The third-order valence-electron chi connectivity index (χ3n) is 7.66. The quantitative estimate of drug-likeness (QED) is 0.228. The molecule has 1 aliphatic rings. The van der Waals surface area contributed by atoms with Gasteiger partial charge in [0, 0.05) is 10.9 Å². The average molecular weight is 471 g/mol. The van der Waals surface area contributed by atoms with Crippen LogP contribution in [-0.2, 0) is 0 Å². The number of hydrogen-bond acceptors (Lipinski definition) is 1. The highest BCUT2D eigenvalue weighted by Gasteiger charge is 2.23. The van der Waals surface area contributed by atoms with Gasteiger partial charge < -0.3 is 4.74 Å². The molecule has 172 valence electrons. The Morgan fingerprint density at radius 2 is 0.865 bits per heavy atom. The molecule has 0 saturated carbocycles. The van der Waals surface area contributed by atoms with E-state index in [1.807, 2.05) is 12.1 Å². The summed E-state index contributed by atoms with van der Waals surface area (Å²) in [5.74, 6) is 1.83. The Kier molecular flexibility index (Phi) is 4.29. The zero-order valence-corrected chi connectivity index (χ0v) is 20.1. The molecule has 0 aliphatic carbocycles. The summed E-state index contributed by atoms with van der Waals surface area (Å²) in [4.78, 5) is 0. The van der Waals surface area contributed by atoms with Crippen molar-refractivity contribution in [3.8, 4) is 44.9 Å². The number of rotatable bonds is 2. The van der Waals surface area contributed by atoms with Crippen molar-refractivity contribution < 1.29 is 4.74 Å². The van der Waals surface area contributed by atoms with E-state index in [0.29, 0.717) is 0 Å². The van der Waals surface area contributed by atoms with E-state index < -0.39 is 0 Å². The SMILES string of the molecule is c1ccc(-c2c3ccccc3c(-c3ccc4c5c(cccc35)Oc3ccccc3-4)c3ccccc23)cc1. The van der Waals surface area contributed by atoms with E-state index in [1.54, 1.807) is 0 Å². The fourth-order valence-electron chi connectivity index (χ4n) is 6.13. The molecule has 7 aromatic rings. The standard InChI is InChI=1S/C36H22O/c1-2-11-23(12-3-1)34-25-14-4-6-16-27(25)35(28-17-7-5-15-26(28)34)31-22-21-30-24-13-8-9-19-32(24)37-33-20-10-18-29(31)36(30)33/h1-22H. The van der Waals surface area contributed by atoms with E-state index in [1.165, 1.54) is 60.1 Å². The second-order valence-electron chi connectivity index (χ2n) is 9.64. The summed E-state index contributed by atoms with van der Waals surface area (Å²) in [6.07, 6.45) is 0. The summed E-state index contributed by atoms with van der Waals surface area (Å²) >= 11 is 0. The van der Waals surface area contributed by atoms with Crippen LogP contribution in [0.5, 0.6) is 11.5 Å². The lowest BCUT2D eigenvalue weighted by Crippen LogP contribution is -1.98. The van der Waals surface area contributed by atoms with Crippen LogP contribution in [0.3, 0.4) is 0 Å². The van der Waals surface area contributed by atoms with Crippen molar-refractivity contribution in [1.29, 1.82) is 0 Å². The van der Waals surface area contributed by atoms with Gasteiger partial charge in [0.05, 0.1) is 0 Å². The van der Waals surface area contributed by atoms with Gasteiger partial charge >= 0.3 is 0 Å². The van der Waals surface area contributed by atoms with Crippen LogP contribution in [0.15, 0.2) is 133 Å². The topological polar surface area (TPSA) is 9.23 Å². The predicted molar refractivity (Wildman–Crippen MR) is 155 cm³/mol. The van der Waals surface area contributed by atoms with Crippen molar-refractivity contribution in [2.75, 3.05) is 0 Å². The first-order valence-corrected chi connectivity index (χ1v) is 12.7. The van der Waals surface area contributed by atoms with Gasteiger partial charge in [-0.3, -0.25) is 0 Å². The molecule has 0 aromatic heterocycles. The van der Waals surface area contributed by atoms with Crippen molar-refractivity contribution in [3.63, 3.8) is 0 Å². The molecule has 0 spiro atoms. The molecule has 1 heterocycles. The van der Waals surface area contributed by atoms with Gasteiger partial charge in [-0.25, -0.2) is 0 Å². The third kappa shape index (κ3) is 2.92. The highest BCUT2D eigenvalue weighted by Crippen LogP contribution is 2.51. The second-order valence-corrected chi connectivity index (χ2v) is 9.64. The van der Waals surface area contributed by atoms with E-state index in [4.69, 9.17) is 4.74 Å². The normalized spacial score (nSPS) is 12.0. The van der Waals surface area contributed by atoms with Gasteiger partial charge in [0.2, 0.25) is 0 Å². The van der Waals surface area contributed by atoms with Gasteiger partial charge in [0.25, 0.3) is 0 Å². The van der Waals surface area contributed by atoms with Crippen LogP contribution in [0.4, 0.5) is 0 Å². The molecule has 0 amide bonds. The molecule has 0 unspecified atom stereocenters. The molecule has 1 nitrogen and oxygen atoms in total. The van der Waals surface area contributed by atoms with Gasteiger partial charge in [-0.05, 0) is 66.9 Å². The molecule has 8 rings (SSSR count). The predicted octanol–water partition coefficient (Wildman–Crippen LogP) is 10.3. The van der Waals surface area contributed by atoms with Crippen LogP contribution < -0.4 is 4.74 Å². The number of para-hydroxylation sites is 1. The zero-order chi connectivity index (χ0) is 24.3. The van der Waals surface area contributed by atoms with Crippen LogP contribution in [0.1, 0.15) is 0 Å². The van der Waals surface area contributed by atoms with Crippen molar-refractivity contribution in [2.24, 2.45) is 0 Å². The Morgan fingerprint density at radius 1 is 0.324 bits per heavy atom. The number of ether oxygens (including phenoxy) is 1. The third-order valence-corrected chi connectivity index (χ3v) is 7.66. The molecule has 0 fully saturated rings. The first kappa shape index (κ1) is 20.3. The number of fused-ring (bicyclic) bond motifs is 4. The van der Waals surface area contributed by atoms with Crippen molar-refractivity contribution in [1.82, 2.24) is 0 Å². The van der Waals surface area contributed by atoms with Crippen LogP contribution in [0, 0.1) is 0 Å². The van der Waals surface area contributed by atoms with Crippen molar-refractivity contribution >= 4 is 32.3 Å². The Morgan fingerprint density at radius 3 is 1.59 bits per heavy atom. The summed E-state index contributed by atoms with van der Waals surface area (Å²) in [6.45, 7) is 0. The molecule has 0 bridgehead atoms. The minimum Gasteiger partial charge on any atom is -0.456 e. The minimum atomic E-state index is 0.915. The minimum absolute atomic E-state index is 0.915. The zero-order valence-electron chi connectivity index (χ0n) is 20.1. The highest BCUT2D eigenvalue weighted by molar-refractivity contribution is 6.24. The first-order valence-electron chi connectivity index (χ1n) is 12.7. The molecule has 37 heavy (non-hydrogen) atoms. The highest BCUT2D eigenvalue weighted by atomic mass is 16.5. The lowest BCUT2D eigenvalue weighted by molar-refractivity contribution is 0.487. The summed E-state index contributed by atoms with van der Waals surface area (Å²) in [5.41, 5.74) is 7.40. The van der Waals surface area contributed by atoms with E-state index in [9.17, 15) is 0 Å². The molecule has 7 aromatic carbocycles. The fraction of sp³-hybridized carbons (Fsp3) is 0. The van der Waals surface area contributed by atoms with Crippen LogP contribution in [-0.4, -0.2) is 0 Å². The molecule has 0 radical (unpaired) electrons. The smallest absolute Gasteiger partial charge is 0.135 e. The average Bonchev–Trinajstić information content (AvgIpc) is 2.97. The van der Waals surface area contributed by atoms with E-state index in [-0.39, 0.29) is 0 Å². The molecule has 1 heteroatoms. The van der Waals surface area contributed by atoms with Gasteiger partial charge in [-0.15, -0.1) is 0 Å². The molecule has 0 N–H and O–H groups in total. The maximum absolute atomic E-state index is 6.39. The molecule has 0 atom stereocenters. The fourth-order valence-corrected chi connectivity index (χ4v) is 6.13. The van der Waals surface area contributed by atoms with Gasteiger partial charge in [0.15, 0.2) is 0 Å². The van der Waals surface area contributed by atoms with Gasteiger partial charge in [0.1, 0.15) is 11.5 Å². The second kappa shape index (κ2) is 7.81. The molecular weight excluding hydrogens is 448 g/mol. The maximum atomic E-state index is 6.39. The largest absolute Gasteiger partial charge is 0.456 e. The lowest BCUT2D eigenvalue weighted by Gasteiger charge is -2.24. The number of benzene rings is 7. The van der Waals surface area contributed by atoms with E-state index in [2.05, 4.69) is 121 Å². The summed E-state index contributed by atoms with van der Waals surface area (Å²) in [6, 6.07) is 47.7. The van der Waals surface area contributed by atoms with Gasteiger partial charge in [-0.1, -0.05) is 121 Å². The Bertz CT molecular complexity index is 1940. The Labute approximate surface area is 215 Å². The maximum Gasteiger partial charge on any atom is 0.135 e. The lowest BCUT2D eigenvalue weighted by atomic mass is 9.83. The summed E-state index contributed by atoms with van der Waals surface area (Å²) in [5, 5.41) is 7.45. The summed E-state index contributed by atoms with van der Waals surface area (Å²) in [7, 11) is 0. The van der Waals surface area contributed by atoms with Crippen molar-refractivity contribution in [2.45, 2.75) is 0 Å². The molecular formula is C36H22O. The number of hydrogen-bond donors (Lipinski definition) is 0. The van der Waals surface area contributed by atoms with Crippen LogP contribution in [0.2, 0.25) is 0 Å². The Hall–Kier alpha value is -4.88. The van der Waals surface area contributed by atoms with Gasteiger partial charge in [-0.2, -0.15) is 0 Å². The monoisotopic (exact) mass is 470 g/mol. The van der Waals surface area contributed by atoms with E-state index in [0.717, 1.165) is 17.1 Å². The van der Waals surface area contributed by atoms with Crippen LogP contribution >= 0.6 is 0 Å². The van der Waals surface area contributed by atoms with Crippen LogP contribution in [0.25, 0.3) is 65.7 Å². The summed E-state index contributed by atoms with van der Waals surface area (Å²) < 4.78 is 6.39. The Balaban J connectivity index is 1.53. The van der Waals surface area contributed by atoms with Crippen molar-refractivity contribution in [3.05, 3.63) is 133 Å². The first-order chi connectivity index (χ1) is 18.4. The molecule has 1 aliphatic heterocycles. The molecule has 0 saturated heterocycles.